The number of pyridine rings is 1. The third-order valence-electron chi connectivity index (χ3n) is 3.04. The van der Waals surface area contributed by atoms with Crippen molar-refractivity contribution < 1.29 is 14.6 Å². The minimum atomic E-state index is -0.203. The van der Waals surface area contributed by atoms with E-state index in [1.54, 1.807) is 18.3 Å². The molecule has 2 N–H and O–H groups in total. The van der Waals surface area contributed by atoms with Gasteiger partial charge in [0.2, 0.25) is 0 Å². The molecule has 0 bridgehead atoms. The highest BCUT2D eigenvalue weighted by Crippen LogP contribution is 2.09. The Morgan fingerprint density at radius 3 is 3.05 bits per heavy atom. The highest BCUT2D eigenvalue weighted by molar-refractivity contribution is 5.94. The van der Waals surface area contributed by atoms with Crippen LogP contribution in [0.2, 0.25) is 0 Å². The molecule has 0 aliphatic carbocycles. The molecule has 2 rings (SSSR count). The summed E-state index contributed by atoms with van der Waals surface area (Å²) in [6.45, 7) is 1.36. The quantitative estimate of drug-likeness (QED) is 0.797. The number of nitrogens with zero attached hydrogens (tertiary/aromatic N) is 1. The summed E-state index contributed by atoms with van der Waals surface area (Å²) in [6.07, 6.45) is 3.61. The molecule has 0 unspecified atom stereocenters. The summed E-state index contributed by atoms with van der Waals surface area (Å²) in [7, 11) is 0. The molecule has 0 aromatic carbocycles. The van der Waals surface area contributed by atoms with Crippen LogP contribution in [0.1, 0.15) is 35.3 Å². The van der Waals surface area contributed by atoms with Crippen LogP contribution in [0.4, 0.5) is 0 Å². The molecule has 5 nitrogen and oxygen atoms in total. The fraction of sp³-hybridized carbons (Fsp3) is 0.467. The van der Waals surface area contributed by atoms with Crippen molar-refractivity contribution in [2.45, 2.75) is 25.3 Å². The molecule has 5 heteroatoms. The van der Waals surface area contributed by atoms with Crippen LogP contribution in [0.5, 0.6) is 0 Å². The van der Waals surface area contributed by atoms with E-state index < -0.39 is 0 Å². The van der Waals surface area contributed by atoms with Gasteiger partial charge >= 0.3 is 0 Å². The summed E-state index contributed by atoms with van der Waals surface area (Å²) in [5.74, 6) is 5.48. The fourth-order valence-corrected chi connectivity index (χ4v) is 2.00. The predicted octanol–water partition coefficient (Wildman–Crippen LogP) is 0.724. The van der Waals surface area contributed by atoms with Crippen molar-refractivity contribution in [2.24, 2.45) is 0 Å². The molecule has 20 heavy (non-hydrogen) atoms. The number of aliphatic hydroxyl groups excluding tert-OH is 1. The van der Waals surface area contributed by atoms with E-state index in [2.05, 4.69) is 22.1 Å². The number of amides is 1. The third kappa shape index (κ3) is 4.05. The van der Waals surface area contributed by atoms with Crippen molar-refractivity contribution in [1.82, 2.24) is 10.3 Å². The monoisotopic (exact) mass is 274 g/mol. The second-order valence-corrected chi connectivity index (χ2v) is 4.54. The van der Waals surface area contributed by atoms with Gasteiger partial charge in [-0.05, 0) is 25.0 Å². The number of ether oxygens (including phenoxy) is 1. The van der Waals surface area contributed by atoms with Crippen molar-refractivity contribution in [3.05, 3.63) is 29.6 Å². The van der Waals surface area contributed by atoms with Gasteiger partial charge in [-0.3, -0.25) is 4.79 Å². The van der Waals surface area contributed by atoms with Gasteiger partial charge in [0.1, 0.15) is 5.69 Å². The Morgan fingerprint density at radius 2 is 2.30 bits per heavy atom. The van der Waals surface area contributed by atoms with Gasteiger partial charge in [-0.25, -0.2) is 4.98 Å². The van der Waals surface area contributed by atoms with Crippen LogP contribution < -0.4 is 5.32 Å². The van der Waals surface area contributed by atoms with Crippen LogP contribution in [0, 0.1) is 11.8 Å². The van der Waals surface area contributed by atoms with E-state index in [1.165, 1.54) is 0 Å². The standard InChI is InChI=1S/C15H18N2O3/c18-9-2-1-4-12-5-3-8-16-14(12)15(19)17-13-6-10-20-11-7-13/h3,5,8,13,18H,2,6-7,9-11H2,(H,17,19). The molecule has 106 valence electrons. The molecule has 1 amide bonds. The molecule has 1 fully saturated rings. The fourth-order valence-electron chi connectivity index (χ4n) is 2.00. The van der Waals surface area contributed by atoms with E-state index in [9.17, 15) is 4.79 Å². The van der Waals surface area contributed by atoms with Gasteiger partial charge in [0.25, 0.3) is 5.91 Å². The molecule has 2 heterocycles. The molecule has 0 spiro atoms. The van der Waals surface area contributed by atoms with Gasteiger partial charge in [-0.1, -0.05) is 11.8 Å². The van der Waals surface area contributed by atoms with Crippen molar-refractivity contribution in [1.29, 1.82) is 0 Å². The average Bonchev–Trinajstić information content (AvgIpc) is 2.49. The van der Waals surface area contributed by atoms with Crippen LogP contribution in [-0.2, 0) is 4.74 Å². The smallest absolute Gasteiger partial charge is 0.271 e. The molecular weight excluding hydrogens is 256 g/mol. The molecule has 0 saturated carbocycles. The van der Waals surface area contributed by atoms with Gasteiger partial charge in [0, 0.05) is 31.9 Å². The molecular formula is C15H18N2O3. The number of hydrogen-bond donors (Lipinski definition) is 2. The van der Waals surface area contributed by atoms with E-state index in [0.717, 1.165) is 12.8 Å². The lowest BCUT2D eigenvalue weighted by Crippen LogP contribution is -2.39. The molecule has 1 saturated heterocycles. The number of aliphatic hydroxyl groups is 1. The Kier molecular flexibility index (Phi) is 5.54. The maximum absolute atomic E-state index is 12.2. The Hall–Kier alpha value is -1.90. The van der Waals surface area contributed by atoms with Crippen LogP contribution in [0.15, 0.2) is 18.3 Å². The second kappa shape index (κ2) is 7.63. The van der Waals surface area contributed by atoms with Crippen LogP contribution >= 0.6 is 0 Å². The third-order valence-corrected chi connectivity index (χ3v) is 3.04. The SMILES string of the molecule is O=C(NC1CCOCC1)c1ncccc1C#CCCO. The van der Waals surface area contributed by atoms with Gasteiger partial charge < -0.3 is 15.2 Å². The van der Waals surface area contributed by atoms with Crippen molar-refractivity contribution >= 4 is 5.91 Å². The summed E-state index contributed by atoms with van der Waals surface area (Å²) >= 11 is 0. The Balaban J connectivity index is 2.07. The van der Waals surface area contributed by atoms with Crippen molar-refractivity contribution in [3.63, 3.8) is 0 Å². The lowest BCUT2D eigenvalue weighted by molar-refractivity contribution is 0.0694. The summed E-state index contributed by atoms with van der Waals surface area (Å²) in [5.41, 5.74) is 0.926. The van der Waals surface area contributed by atoms with Crippen LogP contribution in [0.25, 0.3) is 0 Å². The first-order valence-electron chi connectivity index (χ1n) is 6.74. The zero-order valence-electron chi connectivity index (χ0n) is 11.3. The van der Waals surface area contributed by atoms with E-state index in [-0.39, 0.29) is 18.6 Å². The molecule has 1 aromatic heterocycles. The Morgan fingerprint density at radius 1 is 1.50 bits per heavy atom. The lowest BCUT2D eigenvalue weighted by atomic mass is 10.1. The minimum absolute atomic E-state index is 0.0108. The van der Waals surface area contributed by atoms with Crippen molar-refractivity contribution in [2.75, 3.05) is 19.8 Å². The Bertz CT molecular complexity index is 513. The topological polar surface area (TPSA) is 71.5 Å². The van der Waals surface area contributed by atoms with Gasteiger partial charge in [-0.2, -0.15) is 0 Å². The number of aromatic nitrogens is 1. The summed E-state index contributed by atoms with van der Waals surface area (Å²) in [4.78, 5) is 16.3. The molecule has 0 atom stereocenters. The van der Waals surface area contributed by atoms with Crippen molar-refractivity contribution in [3.8, 4) is 11.8 Å². The maximum Gasteiger partial charge on any atom is 0.271 e. The van der Waals surface area contributed by atoms with Gasteiger partial charge in [-0.15, -0.1) is 0 Å². The number of hydrogen-bond acceptors (Lipinski definition) is 4. The summed E-state index contributed by atoms with van der Waals surface area (Å²) in [5, 5.41) is 11.7. The number of carbonyl (C=O) groups is 1. The largest absolute Gasteiger partial charge is 0.395 e. The summed E-state index contributed by atoms with van der Waals surface area (Å²) < 4.78 is 5.26. The highest BCUT2D eigenvalue weighted by atomic mass is 16.5. The normalized spacial score (nSPS) is 15.2. The van der Waals surface area contributed by atoms with Crippen LogP contribution in [-0.4, -0.2) is 41.9 Å². The van der Waals surface area contributed by atoms with E-state index in [0.29, 0.717) is 30.9 Å². The molecule has 1 aliphatic heterocycles. The van der Waals surface area contributed by atoms with Gasteiger partial charge in [0.05, 0.1) is 12.2 Å². The first-order valence-corrected chi connectivity index (χ1v) is 6.74. The zero-order valence-corrected chi connectivity index (χ0v) is 11.3. The zero-order chi connectivity index (χ0) is 14.2. The maximum atomic E-state index is 12.2. The number of carbonyl (C=O) groups excluding carboxylic acids is 1. The van der Waals surface area contributed by atoms with E-state index in [1.807, 2.05) is 0 Å². The van der Waals surface area contributed by atoms with E-state index >= 15 is 0 Å². The van der Waals surface area contributed by atoms with E-state index in [4.69, 9.17) is 9.84 Å². The summed E-state index contributed by atoms with van der Waals surface area (Å²) in [6, 6.07) is 3.64. The number of rotatable bonds is 3. The Labute approximate surface area is 118 Å². The first-order chi connectivity index (χ1) is 9.81. The molecule has 1 aromatic rings. The molecule has 1 aliphatic rings. The second-order valence-electron chi connectivity index (χ2n) is 4.54. The lowest BCUT2D eigenvalue weighted by Gasteiger charge is -2.23. The predicted molar refractivity (Wildman–Crippen MR) is 74.1 cm³/mol. The minimum Gasteiger partial charge on any atom is -0.395 e. The first kappa shape index (κ1) is 14.5. The number of nitrogens with one attached hydrogen (secondary N) is 1. The van der Waals surface area contributed by atoms with Gasteiger partial charge in [0.15, 0.2) is 0 Å². The average molecular weight is 274 g/mol. The van der Waals surface area contributed by atoms with Crippen LogP contribution in [0.3, 0.4) is 0 Å². The molecule has 0 radical (unpaired) electrons. The highest BCUT2D eigenvalue weighted by Gasteiger charge is 2.19.